The molecule has 1 aliphatic heterocycles. The number of pyridine rings is 1. The number of hydrogen-bond acceptors (Lipinski definition) is 5. The first kappa shape index (κ1) is 16.3. The van der Waals surface area contributed by atoms with Gasteiger partial charge in [-0.2, -0.15) is 0 Å². The molecule has 25 heavy (non-hydrogen) atoms. The van der Waals surface area contributed by atoms with E-state index in [0.717, 1.165) is 39.9 Å². The third-order valence-corrected chi connectivity index (χ3v) is 6.00. The van der Waals surface area contributed by atoms with E-state index in [2.05, 4.69) is 28.6 Å². The van der Waals surface area contributed by atoms with Crippen LogP contribution in [0.3, 0.4) is 0 Å². The molecule has 0 aliphatic carbocycles. The maximum atomic E-state index is 11.3. The normalized spacial score (nSPS) is 18.2. The predicted octanol–water partition coefficient (Wildman–Crippen LogP) is 4.04. The first-order valence-corrected chi connectivity index (χ1v) is 9.57. The fraction of sp³-hybridized carbons (Fsp3) is 0.368. The second-order valence-corrected chi connectivity index (χ2v) is 7.38. The van der Waals surface area contributed by atoms with E-state index in [1.165, 1.54) is 19.4 Å². The fourth-order valence-electron chi connectivity index (χ4n) is 3.73. The van der Waals surface area contributed by atoms with Gasteiger partial charge in [0.2, 0.25) is 0 Å². The standard InChI is InChI=1S/C19H21N3O2S/c1-2-22-8-3-4-13(22)11-20-18-15-7-9-25-17(15)14-6-5-12(19(23)24)10-16(14)21-18/h5-7,9-10,13H,2-4,8,11H2,1H3,(H,20,21)(H,23,24). The molecule has 2 aromatic heterocycles. The Morgan fingerprint density at radius 3 is 3.08 bits per heavy atom. The molecular weight excluding hydrogens is 334 g/mol. The summed E-state index contributed by atoms with van der Waals surface area (Å²) in [6.07, 6.45) is 2.46. The molecule has 5 nitrogen and oxygen atoms in total. The average molecular weight is 355 g/mol. The Hall–Kier alpha value is -2.18. The monoisotopic (exact) mass is 355 g/mol. The number of anilines is 1. The van der Waals surface area contributed by atoms with Gasteiger partial charge in [-0.15, -0.1) is 11.3 Å². The third kappa shape index (κ3) is 2.96. The molecule has 1 aliphatic rings. The molecule has 0 bridgehead atoms. The summed E-state index contributed by atoms with van der Waals surface area (Å²) in [5.41, 5.74) is 1.01. The molecule has 130 valence electrons. The minimum atomic E-state index is -0.922. The van der Waals surface area contributed by atoms with Crippen molar-refractivity contribution in [1.29, 1.82) is 0 Å². The summed E-state index contributed by atoms with van der Waals surface area (Å²) in [6.45, 7) is 5.32. The van der Waals surface area contributed by atoms with Crippen molar-refractivity contribution in [3.63, 3.8) is 0 Å². The van der Waals surface area contributed by atoms with Crippen LogP contribution < -0.4 is 5.32 Å². The van der Waals surface area contributed by atoms with Crippen LogP contribution >= 0.6 is 11.3 Å². The van der Waals surface area contributed by atoms with Crippen LogP contribution in [0, 0.1) is 0 Å². The number of fused-ring (bicyclic) bond motifs is 3. The Kier molecular flexibility index (Phi) is 4.31. The first-order chi connectivity index (χ1) is 12.2. The maximum absolute atomic E-state index is 11.3. The molecule has 1 saturated heterocycles. The summed E-state index contributed by atoms with van der Waals surface area (Å²) in [5.74, 6) is -0.0664. The zero-order valence-corrected chi connectivity index (χ0v) is 15.0. The SMILES string of the molecule is CCN1CCCC1CNc1nc2cc(C(=O)O)ccc2c2sccc12. The van der Waals surface area contributed by atoms with Crippen LogP contribution in [0.5, 0.6) is 0 Å². The summed E-state index contributed by atoms with van der Waals surface area (Å²) in [4.78, 5) is 18.5. The Bertz CT molecular complexity index is 937. The van der Waals surface area contributed by atoms with Gasteiger partial charge in [0, 0.05) is 28.1 Å². The summed E-state index contributed by atoms with van der Waals surface area (Å²) in [5, 5.41) is 17.0. The number of nitrogens with zero attached hydrogens (tertiary/aromatic N) is 2. The Balaban J connectivity index is 1.71. The smallest absolute Gasteiger partial charge is 0.335 e. The van der Waals surface area contributed by atoms with Gasteiger partial charge in [-0.25, -0.2) is 9.78 Å². The summed E-state index contributed by atoms with van der Waals surface area (Å²) in [6, 6.07) is 7.81. The molecule has 1 fully saturated rings. The van der Waals surface area contributed by atoms with E-state index in [9.17, 15) is 9.90 Å². The van der Waals surface area contributed by atoms with Gasteiger partial charge in [-0.3, -0.25) is 4.90 Å². The van der Waals surface area contributed by atoms with E-state index in [0.29, 0.717) is 6.04 Å². The number of rotatable bonds is 5. The second-order valence-electron chi connectivity index (χ2n) is 6.47. The molecular formula is C19H21N3O2S. The lowest BCUT2D eigenvalue weighted by molar-refractivity contribution is 0.0697. The number of aromatic carboxylic acids is 1. The van der Waals surface area contributed by atoms with Crippen molar-refractivity contribution in [3.8, 4) is 0 Å². The molecule has 1 atom stereocenters. The molecule has 3 heterocycles. The quantitative estimate of drug-likeness (QED) is 0.723. The number of carbonyl (C=O) groups is 1. The highest BCUT2D eigenvalue weighted by Gasteiger charge is 2.23. The average Bonchev–Trinajstić information content (AvgIpc) is 3.28. The molecule has 0 spiro atoms. The first-order valence-electron chi connectivity index (χ1n) is 8.69. The highest BCUT2D eigenvalue weighted by molar-refractivity contribution is 7.18. The van der Waals surface area contributed by atoms with Gasteiger partial charge < -0.3 is 10.4 Å². The Morgan fingerprint density at radius 2 is 2.28 bits per heavy atom. The molecule has 4 rings (SSSR count). The van der Waals surface area contributed by atoms with E-state index < -0.39 is 5.97 Å². The molecule has 0 radical (unpaired) electrons. The van der Waals surface area contributed by atoms with E-state index in [1.807, 2.05) is 6.07 Å². The lowest BCUT2D eigenvalue weighted by Gasteiger charge is -2.23. The zero-order chi connectivity index (χ0) is 17.4. The van der Waals surface area contributed by atoms with Crippen molar-refractivity contribution in [3.05, 3.63) is 35.2 Å². The van der Waals surface area contributed by atoms with E-state index >= 15 is 0 Å². The molecule has 0 saturated carbocycles. The van der Waals surface area contributed by atoms with Gasteiger partial charge in [-0.1, -0.05) is 13.0 Å². The number of thiophene rings is 1. The van der Waals surface area contributed by atoms with Crippen LogP contribution in [0.15, 0.2) is 29.6 Å². The van der Waals surface area contributed by atoms with Crippen molar-refractivity contribution in [1.82, 2.24) is 9.88 Å². The molecule has 2 N–H and O–H groups in total. The number of hydrogen-bond donors (Lipinski definition) is 2. The third-order valence-electron chi connectivity index (χ3n) is 5.05. The fourth-order valence-corrected chi connectivity index (χ4v) is 4.66. The highest BCUT2D eigenvalue weighted by atomic mass is 32.1. The topological polar surface area (TPSA) is 65.5 Å². The largest absolute Gasteiger partial charge is 0.478 e. The van der Waals surface area contributed by atoms with Gasteiger partial charge >= 0.3 is 5.97 Å². The Morgan fingerprint density at radius 1 is 1.40 bits per heavy atom. The molecule has 0 amide bonds. The van der Waals surface area contributed by atoms with Crippen LogP contribution in [-0.4, -0.2) is 46.6 Å². The number of nitrogens with one attached hydrogen (secondary N) is 1. The zero-order valence-electron chi connectivity index (χ0n) is 14.2. The molecule has 3 aromatic rings. The number of benzene rings is 1. The number of carboxylic acids is 1. The second kappa shape index (κ2) is 6.61. The number of likely N-dealkylation sites (tertiary alicyclic amines) is 1. The molecule has 1 aromatic carbocycles. The van der Waals surface area contributed by atoms with Crippen LogP contribution in [0.25, 0.3) is 21.0 Å². The van der Waals surface area contributed by atoms with Crippen molar-refractivity contribution in [2.75, 3.05) is 25.0 Å². The summed E-state index contributed by atoms with van der Waals surface area (Å²) >= 11 is 1.67. The van der Waals surface area contributed by atoms with Gasteiger partial charge in [-0.05, 0) is 49.5 Å². The van der Waals surface area contributed by atoms with Crippen LogP contribution in [0.1, 0.15) is 30.1 Å². The summed E-state index contributed by atoms with van der Waals surface area (Å²) in [7, 11) is 0. The molecule has 1 unspecified atom stereocenters. The van der Waals surface area contributed by atoms with Crippen molar-refractivity contribution < 1.29 is 9.90 Å². The van der Waals surface area contributed by atoms with Crippen LogP contribution in [-0.2, 0) is 0 Å². The van der Waals surface area contributed by atoms with E-state index in [1.54, 1.807) is 23.5 Å². The van der Waals surface area contributed by atoms with Crippen molar-refractivity contribution in [2.45, 2.75) is 25.8 Å². The number of aromatic nitrogens is 1. The minimum Gasteiger partial charge on any atom is -0.478 e. The van der Waals surface area contributed by atoms with E-state index in [-0.39, 0.29) is 5.56 Å². The van der Waals surface area contributed by atoms with E-state index in [4.69, 9.17) is 4.98 Å². The Labute approximate surface area is 150 Å². The number of likely N-dealkylation sites (N-methyl/N-ethyl adjacent to an activating group) is 1. The van der Waals surface area contributed by atoms with Crippen molar-refractivity contribution >= 4 is 44.1 Å². The summed E-state index contributed by atoms with van der Waals surface area (Å²) < 4.78 is 1.16. The maximum Gasteiger partial charge on any atom is 0.335 e. The molecule has 6 heteroatoms. The van der Waals surface area contributed by atoms with Crippen molar-refractivity contribution in [2.24, 2.45) is 0 Å². The van der Waals surface area contributed by atoms with Gasteiger partial charge in [0.05, 0.1) is 11.1 Å². The van der Waals surface area contributed by atoms with Gasteiger partial charge in [0.15, 0.2) is 0 Å². The van der Waals surface area contributed by atoms with Crippen LogP contribution in [0.4, 0.5) is 5.82 Å². The number of carboxylic acid groups (broad SMARTS) is 1. The van der Waals surface area contributed by atoms with Crippen LogP contribution in [0.2, 0.25) is 0 Å². The lowest BCUT2D eigenvalue weighted by Crippen LogP contribution is -2.34. The van der Waals surface area contributed by atoms with Gasteiger partial charge in [0.25, 0.3) is 0 Å². The lowest BCUT2D eigenvalue weighted by atomic mass is 10.1. The van der Waals surface area contributed by atoms with Gasteiger partial charge in [0.1, 0.15) is 5.82 Å². The predicted molar refractivity (Wildman–Crippen MR) is 103 cm³/mol. The minimum absolute atomic E-state index is 0.273. The highest BCUT2D eigenvalue weighted by Crippen LogP contribution is 2.34.